The molecular weight excluding hydrogens is 871 g/mol. The zero-order chi connectivity index (χ0) is 47.8. The number of thioether (sulfide) groups is 2. The zero-order valence-electron chi connectivity index (χ0n) is 37.0. The van der Waals surface area contributed by atoms with Gasteiger partial charge >= 0.3 is 5.97 Å². The average molecular weight is 938 g/mol. The maximum absolute atomic E-state index is 14.0. The standard InChI is InChI=1S/C41H67N11O10S2/c1-5-24(2)33(39(61)48-27(15-19-63-3)34(56)46-22-32(54)55)51-35(57)28(16-20-64-4)47-37(59)30(23-53)50-36(58)29(21-25-11-7-6-8-12-25)49-38(60)31-14-10-18-52(31)40(62)26(42)13-9-17-45-41(43)44/h6-8,11-12,24,26-31,33,53H,5,9-10,13-23,42H2,1-4H3,(H,46,56)(H,47,59)(H,48,61)(H,49,60)(H,50,58)(H,51,57)(H,54,55)(H4,43,44,45)/t24-,26-,27-,28-,29-,30-,31-,33-/m0/s1. The molecule has 1 aliphatic rings. The number of carbonyl (C=O) groups excluding carboxylic acids is 7. The first-order valence-electron chi connectivity index (χ1n) is 21.3. The number of aliphatic hydroxyl groups is 1. The molecule has 0 bridgehead atoms. The highest BCUT2D eigenvalue weighted by Gasteiger charge is 2.39. The highest BCUT2D eigenvalue weighted by atomic mass is 32.2. The monoisotopic (exact) mass is 937 g/mol. The van der Waals surface area contributed by atoms with Crippen LogP contribution in [0.4, 0.5) is 0 Å². The summed E-state index contributed by atoms with van der Waals surface area (Å²) in [6, 6.07) is 0.586. The van der Waals surface area contributed by atoms with Crippen LogP contribution >= 0.6 is 23.5 Å². The van der Waals surface area contributed by atoms with Gasteiger partial charge in [-0.2, -0.15) is 23.5 Å². The lowest BCUT2D eigenvalue weighted by molar-refractivity contribution is -0.140. The van der Waals surface area contributed by atoms with E-state index in [0.717, 1.165) is 0 Å². The fourth-order valence-electron chi connectivity index (χ4n) is 6.76. The number of nitrogens with one attached hydrogen (secondary N) is 8. The number of carboxylic acids is 1. The molecule has 21 nitrogen and oxygen atoms in total. The molecule has 64 heavy (non-hydrogen) atoms. The van der Waals surface area contributed by atoms with Crippen molar-refractivity contribution in [3.8, 4) is 0 Å². The number of carboxylic acid groups (broad SMARTS) is 1. The quantitative estimate of drug-likeness (QED) is 0.0234. The van der Waals surface area contributed by atoms with E-state index < -0.39 is 109 Å². The summed E-state index contributed by atoms with van der Waals surface area (Å²) < 4.78 is 0. The molecule has 358 valence electrons. The summed E-state index contributed by atoms with van der Waals surface area (Å²) in [5.41, 5.74) is 12.2. The fourth-order valence-corrected chi connectivity index (χ4v) is 7.71. The van der Waals surface area contributed by atoms with E-state index in [1.54, 1.807) is 50.4 Å². The first kappa shape index (κ1) is 55.0. The number of hydrogen-bond donors (Lipinski definition) is 12. The Morgan fingerprint density at radius 1 is 0.812 bits per heavy atom. The smallest absolute Gasteiger partial charge is 0.322 e. The van der Waals surface area contributed by atoms with Crippen LogP contribution in [0.3, 0.4) is 0 Å². The molecule has 0 unspecified atom stereocenters. The van der Waals surface area contributed by atoms with E-state index >= 15 is 0 Å². The van der Waals surface area contributed by atoms with Crippen LogP contribution in [0.15, 0.2) is 30.3 Å². The summed E-state index contributed by atoms with van der Waals surface area (Å²) in [6.45, 7) is 2.61. The summed E-state index contributed by atoms with van der Waals surface area (Å²) in [7, 11) is 0. The van der Waals surface area contributed by atoms with Gasteiger partial charge in [-0.05, 0) is 74.0 Å². The van der Waals surface area contributed by atoms with Gasteiger partial charge in [0.2, 0.25) is 41.4 Å². The lowest BCUT2D eigenvalue weighted by Gasteiger charge is -2.29. The highest BCUT2D eigenvalue weighted by Crippen LogP contribution is 2.20. The molecule has 1 aromatic carbocycles. The first-order chi connectivity index (χ1) is 30.5. The van der Waals surface area contributed by atoms with Crippen LogP contribution in [0.1, 0.15) is 64.4 Å². The summed E-state index contributed by atoms with van der Waals surface area (Å²) in [5, 5.41) is 44.8. The van der Waals surface area contributed by atoms with Crippen LogP contribution in [-0.4, -0.2) is 161 Å². The Labute approximate surface area is 382 Å². The lowest BCUT2D eigenvalue weighted by Crippen LogP contribution is -2.61. The maximum atomic E-state index is 14.0. The number of benzene rings is 1. The van der Waals surface area contributed by atoms with Gasteiger partial charge in [-0.25, -0.2) is 0 Å². The Morgan fingerprint density at radius 2 is 1.39 bits per heavy atom. The molecule has 2 rings (SSSR count). The van der Waals surface area contributed by atoms with E-state index in [2.05, 4.69) is 37.2 Å². The number of aliphatic hydroxyl groups excluding tert-OH is 1. The van der Waals surface area contributed by atoms with Gasteiger partial charge in [-0.15, -0.1) is 0 Å². The predicted octanol–water partition coefficient (Wildman–Crippen LogP) is -2.02. The Kier molecular flexibility index (Phi) is 25.2. The van der Waals surface area contributed by atoms with Crippen LogP contribution in [0.5, 0.6) is 0 Å². The van der Waals surface area contributed by atoms with Gasteiger partial charge in [0.25, 0.3) is 0 Å². The molecule has 0 aromatic heterocycles. The number of carbonyl (C=O) groups is 8. The average Bonchev–Trinajstić information content (AvgIpc) is 3.77. The Hall–Kier alpha value is -5.13. The van der Waals surface area contributed by atoms with E-state index in [1.165, 1.54) is 28.4 Å². The minimum atomic E-state index is -1.58. The van der Waals surface area contributed by atoms with Crippen LogP contribution in [-0.2, 0) is 44.8 Å². The Balaban J connectivity index is 2.26. The topological polar surface area (TPSA) is 340 Å². The molecule has 1 heterocycles. The lowest BCUT2D eigenvalue weighted by atomic mass is 9.97. The molecule has 0 spiro atoms. The second kappa shape index (κ2) is 29.3. The maximum Gasteiger partial charge on any atom is 0.322 e. The molecule has 14 N–H and O–H groups in total. The Bertz CT molecular complexity index is 1730. The van der Waals surface area contributed by atoms with E-state index in [0.29, 0.717) is 49.3 Å². The van der Waals surface area contributed by atoms with Crippen LogP contribution < -0.4 is 48.7 Å². The molecule has 0 saturated carbocycles. The number of aliphatic carboxylic acids is 1. The minimum Gasteiger partial charge on any atom is -0.480 e. The molecule has 8 atom stereocenters. The van der Waals surface area contributed by atoms with E-state index in [4.69, 9.17) is 22.0 Å². The van der Waals surface area contributed by atoms with Crippen molar-refractivity contribution in [2.24, 2.45) is 17.4 Å². The van der Waals surface area contributed by atoms with Crippen molar-refractivity contribution in [1.82, 2.24) is 42.1 Å². The third-order valence-corrected chi connectivity index (χ3v) is 11.9. The van der Waals surface area contributed by atoms with Crippen molar-refractivity contribution in [3.63, 3.8) is 0 Å². The molecule has 23 heteroatoms. The van der Waals surface area contributed by atoms with Gasteiger partial charge in [0.15, 0.2) is 5.96 Å². The van der Waals surface area contributed by atoms with Gasteiger partial charge in [-0.3, -0.25) is 43.8 Å². The van der Waals surface area contributed by atoms with Gasteiger partial charge < -0.3 is 63.8 Å². The second-order valence-electron chi connectivity index (χ2n) is 15.4. The number of hydrogen-bond acceptors (Lipinski definition) is 13. The summed E-state index contributed by atoms with van der Waals surface area (Å²) in [5.74, 6) is -5.96. The third-order valence-electron chi connectivity index (χ3n) is 10.6. The number of amides is 7. The molecule has 1 aromatic rings. The van der Waals surface area contributed by atoms with Gasteiger partial charge in [-0.1, -0.05) is 50.6 Å². The van der Waals surface area contributed by atoms with Crippen LogP contribution in [0.2, 0.25) is 0 Å². The number of guanidine groups is 1. The number of nitrogens with two attached hydrogens (primary N) is 2. The number of likely N-dealkylation sites (tertiary alicyclic amines) is 1. The molecule has 0 radical (unpaired) electrons. The molecule has 1 fully saturated rings. The van der Waals surface area contributed by atoms with Crippen molar-refractivity contribution >= 4 is 76.8 Å². The first-order valence-corrected chi connectivity index (χ1v) is 24.0. The molecule has 1 aliphatic heterocycles. The van der Waals surface area contributed by atoms with Crippen molar-refractivity contribution in [3.05, 3.63) is 35.9 Å². The van der Waals surface area contributed by atoms with Crippen molar-refractivity contribution < 1.29 is 48.6 Å². The third kappa shape index (κ3) is 18.9. The normalized spacial score (nSPS) is 16.7. The molecular formula is C41H67N11O10S2. The number of nitrogens with zero attached hydrogens (tertiary/aromatic N) is 1. The SMILES string of the molecule is CC[C@H](C)[C@H](NC(=O)[C@H](CCSC)NC(=O)[C@H](CO)NC(=O)[C@H](Cc1ccccc1)NC(=O)[C@@H]1CCCN1C(=O)[C@@H](N)CCCNC(=N)N)C(=O)N[C@@H](CCSC)C(=O)NCC(=O)O. The van der Waals surface area contributed by atoms with Crippen molar-refractivity contribution in [2.75, 3.05) is 50.3 Å². The van der Waals surface area contributed by atoms with Crippen LogP contribution in [0.25, 0.3) is 0 Å². The fraction of sp³-hybridized carbons (Fsp3) is 0.634. The minimum absolute atomic E-state index is 0.0152. The highest BCUT2D eigenvalue weighted by molar-refractivity contribution is 7.98. The number of rotatable bonds is 29. The van der Waals surface area contributed by atoms with E-state index in [9.17, 15) is 43.5 Å². The summed E-state index contributed by atoms with van der Waals surface area (Å²) >= 11 is 2.81. The van der Waals surface area contributed by atoms with Gasteiger partial charge in [0, 0.05) is 19.5 Å². The second-order valence-corrected chi connectivity index (χ2v) is 17.4. The van der Waals surface area contributed by atoms with Crippen molar-refractivity contribution in [2.45, 2.75) is 108 Å². The van der Waals surface area contributed by atoms with Gasteiger partial charge in [0.1, 0.15) is 42.8 Å². The van der Waals surface area contributed by atoms with Crippen LogP contribution in [0, 0.1) is 11.3 Å². The molecule has 1 saturated heterocycles. The molecule has 7 amide bonds. The van der Waals surface area contributed by atoms with Crippen molar-refractivity contribution in [1.29, 1.82) is 5.41 Å². The zero-order valence-corrected chi connectivity index (χ0v) is 38.6. The van der Waals surface area contributed by atoms with Gasteiger partial charge in [0.05, 0.1) is 12.6 Å². The predicted molar refractivity (Wildman–Crippen MR) is 245 cm³/mol. The summed E-state index contributed by atoms with van der Waals surface area (Å²) in [6.07, 6.45) is 5.86. The van der Waals surface area contributed by atoms with E-state index in [1.807, 2.05) is 6.26 Å². The Morgan fingerprint density at radius 3 is 1.97 bits per heavy atom. The van der Waals surface area contributed by atoms with E-state index in [-0.39, 0.29) is 38.2 Å². The largest absolute Gasteiger partial charge is 0.480 e. The summed E-state index contributed by atoms with van der Waals surface area (Å²) in [4.78, 5) is 108. The molecule has 0 aliphatic carbocycles.